The SMILES string of the molecule is CCCCC(COCCOCCOCC(=O)O)OCC. The van der Waals surface area contributed by atoms with Crippen LogP contribution in [0.5, 0.6) is 0 Å². The molecule has 0 aliphatic carbocycles. The number of rotatable bonds is 15. The quantitative estimate of drug-likeness (QED) is 0.463. The molecule has 0 aromatic rings. The molecule has 1 unspecified atom stereocenters. The van der Waals surface area contributed by atoms with E-state index in [1.165, 1.54) is 0 Å². The highest BCUT2D eigenvalue weighted by Crippen LogP contribution is 2.05. The van der Waals surface area contributed by atoms with Crippen molar-refractivity contribution in [2.75, 3.05) is 46.2 Å². The van der Waals surface area contributed by atoms with Gasteiger partial charge in [0.05, 0.1) is 39.1 Å². The van der Waals surface area contributed by atoms with Gasteiger partial charge in [-0.1, -0.05) is 19.8 Å². The van der Waals surface area contributed by atoms with Gasteiger partial charge in [0.15, 0.2) is 0 Å². The minimum atomic E-state index is -0.970. The third-order valence-corrected chi connectivity index (χ3v) is 2.56. The highest BCUT2D eigenvalue weighted by molar-refractivity contribution is 5.67. The topological polar surface area (TPSA) is 74.2 Å². The van der Waals surface area contributed by atoms with Crippen molar-refractivity contribution in [3.63, 3.8) is 0 Å². The average molecular weight is 292 g/mol. The number of aliphatic carboxylic acids is 1. The van der Waals surface area contributed by atoms with Crippen molar-refractivity contribution in [2.45, 2.75) is 39.2 Å². The minimum absolute atomic E-state index is 0.166. The van der Waals surface area contributed by atoms with Crippen LogP contribution in [0.1, 0.15) is 33.1 Å². The summed E-state index contributed by atoms with van der Waals surface area (Å²) in [6, 6.07) is 0. The first-order chi connectivity index (χ1) is 9.70. The van der Waals surface area contributed by atoms with Gasteiger partial charge in [0.2, 0.25) is 0 Å². The Morgan fingerprint density at radius 3 is 2.30 bits per heavy atom. The molecule has 1 atom stereocenters. The monoisotopic (exact) mass is 292 g/mol. The third kappa shape index (κ3) is 13.7. The molecule has 0 fully saturated rings. The number of carboxylic acids is 1. The van der Waals surface area contributed by atoms with Crippen LogP contribution >= 0.6 is 0 Å². The average Bonchev–Trinajstić information content (AvgIpc) is 2.42. The summed E-state index contributed by atoms with van der Waals surface area (Å²) in [4.78, 5) is 10.2. The molecule has 0 aromatic heterocycles. The second-order valence-electron chi connectivity index (χ2n) is 4.35. The van der Waals surface area contributed by atoms with Gasteiger partial charge in [0.1, 0.15) is 6.61 Å². The van der Waals surface area contributed by atoms with E-state index >= 15 is 0 Å². The molecule has 0 aliphatic rings. The molecular weight excluding hydrogens is 264 g/mol. The summed E-state index contributed by atoms with van der Waals surface area (Å²) in [5.41, 5.74) is 0. The second kappa shape index (κ2) is 14.7. The highest BCUT2D eigenvalue weighted by atomic mass is 16.6. The predicted molar refractivity (Wildman–Crippen MR) is 75.0 cm³/mol. The first kappa shape index (κ1) is 19.3. The molecule has 6 nitrogen and oxygen atoms in total. The lowest BCUT2D eigenvalue weighted by atomic mass is 10.2. The van der Waals surface area contributed by atoms with Gasteiger partial charge in [0, 0.05) is 6.61 Å². The van der Waals surface area contributed by atoms with Crippen molar-refractivity contribution in [2.24, 2.45) is 0 Å². The number of hydrogen-bond donors (Lipinski definition) is 1. The number of carboxylic acid groups (broad SMARTS) is 1. The fourth-order valence-electron chi connectivity index (χ4n) is 1.59. The maximum absolute atomic E-state index is 10.2. The van der Waals surface area contributed by atoms with Gasteiger partial charge < -0.3 is 24.1 Å². The smallest absolute Gasteiger partial charge is 0.329 e. The van der Waals surface area contributed by atoms with Crippen molar-refractivity contribution in [3.8, 4) is 0 Å². The Hall–Kier alpha value is -0.690. The second-order valence-corrected chi connectivity index (χ2v) is 4.35. The Kier molecular flexibility index (Phi) is 14.2. The maximum atomic E-state index is 10.2. The maximum Gasteiger partial charge on any atom is 0.329 e. The van der Waals surface area contributed by atoms with E-state index in [1.54, 1.807) is 0 Å². The van der Waals surface area contributed by atoms with Gasteiger partial charge in [-0.15, -0.1) is 0 Å². The molecule has 0 saturated carbocycles. The first-order valence-electron chi connectivity index (χ1n) is 7.27. The van der Waals surface area contributed by atoms with E-state index in [0.717, 1.165) is 19.3 Å². The van der Waals surface area contributed by atoms with Crippen LogP contribution in [0.3, 0.4) is 0 Å². The van der Waals surface area contributed by atoms with Gasteiger partial charge >= 0.3 is 5.97 Å². The molecule has 0 radical (unpaired) electrons. The molecule has 0 amide bonds. The molecule has 0 bridgehead atoms. The van der Waals surface area contributed by atoms with Crippen LogP contribution in [0, 0.1) is 0 Å². The van der Waals surface area contributed by atoms with E-state index in [2.05, 4.69) is 6.92 Å². The van der Waals surface area contributed by atoms with E-state index in [1.807, 2.05) is 6.92 Å². The first-order valence-corrected chi connectivity index (χ1v) is 7.27. The van der Waals surface area contributed by atoms with Crippen LogP contribution < -0.4 is 0 Å². The molecule has 0 aliphatic heterocycles. The number of hydrogen-bond acceptors (Lipinski definition) is 5. The lowest BCUT2D eigenvalue weighted by molar-refractivity contribution is -0.142. The summed E-state index contributed by atoms with van der Waals surface area (Å²) < 4.78 is 21.2. The van der Waals surface area contributed by atoms with E-state index in [-0.39, 0.29) is 19.3 Å². The molecule has 120 valence electrons. The lowest BCUT2D eigenvalue weighted by Crippen LogP contribution is -2.21. The summed E-state index contributed by atoms with van der Waals surface area (Å²) in [6.07, 6.45) is 3.49. The van der Waals surface area contributed by atoms with Crippen molar-refractivity contribution >= 4 is 5.97 Å². The van der Waals surface area contributed by atoms with E-state index < -0.39 is 5.97 Å². The Bertz CT molecular complexity index is 222. The molecule has 0 spiro atoms. The van der Waals surface area contributed by atoms with Crippen molar-refractivity contribution in [3.05, 3.63) is 0 Å². The Labute approximate surface area is 121 Å². The zero-order chi connectivity index (χ0) is 15.1. The summed E-state index contributed by atoms with van der Waals surface area (Å²) in [7, 11) is 0. The molecule has 1 N–H and O–H groups in total. The molecule has 6 heteroatoms. The zero-order valence-corrected chi connectivity index (χ0v) is 12.6. The summed E-state index contributed by atoms with van der Waals surface area (Å²) in [6.45, 7) is 6.79. The van der Waals surface area contributed by atoms with Crippen LogP contribution in [0.2, 0.25) is 0 Å². The summed E-state index contributed by atoms with van der Waals surface area (Å²) in [5.74, 6) is -0.970. The molecule has 0 aromatic carbocycles. The van der Waals surface area contributed by atoms with Crippen molar-refractivity contribution < 1.29 is 28.8 Å². The van der Waals surface area contributed by atoms with Gasteiger partial charge in [-0.3, -0.25) is 0 Å². The standard InChI is InChI=1S/C14H28O6/c1-3-5-6-13(20-4-2)11-18-9-7-17-8-10-19-12-14(15)16/h13H,3-12H2,1-2H3,(H,15,16). The Balaban J connectivity index is 3.33. The molecule has 20 heavy (non-hydrogen) atoms. The van der Waals surface area contributed by atoms with E-state index in [9.17, 15) is 4.79 Å². The summed E-state index contributed by atoms with van der Waals surface area (Å²) in [5, 5.41) is 8.35. The predicted octanol–water partition coefficient (Wildman–Crippen LogP) is 1.72. The van der Waals surface area contributed by atoms with Crippen molar-refractivity contribution in [1.29, 1.82) is 0 Å². The van der Waals surface area contributed by atoms with Crippen LogP contribution in [0.4, 0.5) is 0 Å². The van der Waals surface area contributed by atoms with E-state index in [4.69, 9.17) is 24.1 Å². The Morgan fingerprint density at radius 2 is 1.70 bits per heavy atom. The van der Waals surface area contributed by atoms with Crippen LogP contribution in [0.25, 0.3) is 0 Å². The van der Waals surface area contributed by atoms with Gasteiger partial charge in [0.25, 0.3) is 0 Å². The van der Waals surface area contributed by atoms with Gasteiger partial charge in [-0.25, -0.2) is 4.79 Å². The highest BCUT2D eigenvalue weighted by Gasteiger charge is 2.07. The molecule has 0 saturated heterocycles. The normalized spacial score (nSPS) is 12.5. The van der Waals surface area contributed by atoms with Gasteiger partial charge in [-0.2, -0.15) is 0 Å². The van der Waals surface area contributed by atoms with Gasteiger partial charge in [-0.05, 0) is 13.3 Å². The number of ether oxygens (including phenoxy) is 4. The van der Waals surface area contributed by atoms with Crippen molar-refractivity contribution in [1.82, 2.24) is 0 Å². The van der Waals surface area contributed by atoms with Crippen LogP contribution in [-0.2, 0) is 23.7 Å². The molecule has 0 heterocycles. The Morgan fingerprint density at radius 1 is 1.05 bits per heavy atom. The van der Waals surface area contributed by atoms with Crippen LogP contribution in [0.15, 0.2) is 0 Å². The lowest BCUT2D eigenvalue weighted by Gasteiger charge is -2.16. The number of carbonyl (C=O) groups is 1. The summed E-state index contributed by atoms with van der Waals surface area (Å²) >= 11 is 0. The number of unbranched alkanes of at least 4 members (excludes halogenated alkanes) is 1. The minimum Gasteiger partial charge on any atom is -0.480 e. The molecular formula is C14H28O6. The fraction of sp³-hybridized carbons (Fsp3) is 0.929. The largest absolute Gasteiger partial charge is 0.480 e. The molecule has 0 rings (SSSR count). The van der Waals surface area contributed by atoms with Crippen LogP contribution in [-0.4, -0.2) is 63.4 Å². The fourth-order valence-corrected chi connectivity index (χ4v) is 1.59. The zero-order valence-electron chi connectivity index (χ0n) is 12.6. The third-order valence-electron chi connectivity index (χ3n) is 2.56. The van der Waals surface area contributed by atoms with E-state index in [0.29, 0.717) is 33.0 Å².